The van der Waals surface area contributed by atoms with Crippen molar-refractivity contribution in [2.75, 3.05) is 7.04 Å². The lowest BCUT2D eigenvalue weighted by Crippen LogP contribution is -2.04. The lowest BCUT2D eigenvalue weighted by atomic mass is 10.0. The molecule has 0 saturated carbocycles. The van der Waals surface area contributed by atoms with E-state index in [9.17, 15) is 4.79 Å². The second kappa shape index (κ2) is 4.67. The molecule has 0 heterocycles. The topological polar surface area (TPSA) is 70.3 Å². The fourth-order valence-electron chi connectivity index (χ4n) is 1.11. The number of ether oxygens (including phenoxy) is 1. The number of carboxylic acids is 1. The number of benzene rings is 1. The molecule has 0 bridgehead atoms. The number of halogens is 1. The van der Waals surface area contributed by atoms with Crippen LogP contribution in [0, 0.1) is 11.3 Å². The second-order valence-electron chi connectivity index (χ2n) is 2.69. The summed E-state index contributed by atoms with van der Waals surface area (Å²) in [4.78, 5) is 10.7. The molecule has 0 aliphatic rings. The predicted molar refractivity (Wildman–Crippen MR) is 54.1 cm³/mol. The molecular formula is C10H8ClNO3. The highest BCUT2D eigenvalue weighted by Gasteiger charge is 2.14. The van der Waals surface area contributed by atoms with Gasteiger partial charge in [-0.2, -0.15) is 5.26 Å². The van der Waals surface area contributed by atoms with E-state index in [4.69, 9.17) is 26.1 Å². The number of carboxylic acid groups (broad SMARTS) is 1. The summed E-state index contributed by atoms with van der Waals surface area (Å²) in [5.41, 5.74) is 0.105. The minimum atomic E-state index is -2.70. The summed E-state index contributed by atoms with van der Waals surface area (Å²) in [7, 11) is -2.70. The maximum Gasteiger partial charge on any atom is 0.307 e. The van der Waals surface area contributed by atoms with E-state index in [1.165, 1.54) is 12.1 Å². The molecule has 1 rings (SSSR count). The van der Waals surface area contributed by atoms with Crippen LogP contribution in [-0.2, 0) is 11.2 Å². The maximum absolute atomic E-state index is 10.7. The van der Waals surface area contributed by atoms with Crippen molar-refractivity contribution in [3.63, 3.8) is 0 Å². The van der Waals surface area contributed by atoms with Gasteiger partial charge in [0, 0.05) is 5.56 Å². The van der Waals surface area contributed by atoms with Crippen molar-refractivity contribution in [3.05, 3.63) is 28.3 Å². The van der Waals surface area contributed by atoms with Crippen molar-refractivity contribution in [1.29, 1.82) is 5.26 Å². The molecule has 1 N–H and O–H groups in total. The van der Waals surface area contributed by atoms with Crippen LogP contribution in [0.4, 0.5) is 0 Å². The number of methoxy groups -OCH3 is 1. The fourth-order valence-corrected chi connectivity index (χ4v) is 1.38. The molecule has 0 spiro atoms. The van der Waals surface area contributed by atoms with Gasteiger partial charge in [-0.1, -0.05) is 11.6 Å². The first-order chi connectivity index (χ1) is 8.24. The summed E-state index contributed by atoms with van der Waals surface area (Å²) in [6.07, 6.45) is -0.486. The van der Waals surface area contributed by atoms with Gasteiger partial charge in [0.2, 0.25) is 0 Å². The molecular weight excluding hydrogens is 218 g/mol. The molecule has 0 unspecified atom stereocenters. The lowest BCUT2D eigenvalue weighted by Gasteiger charge is -2.08. The van der Waals surface area contributed by atoms with Crippen molar-refractivity contribution >= 4 is 17.6 Å². The zero-order valence-electron chi connectivity index (χ0n) is 10.5. The molecule has 1 aromatic carbocycles. The number of aliphatic carboxylic acids is 1. The Bertz CT molecular complexity index is 522. The standard InChI is InChI=1S/C10H8ClNO3/c1-15-8-3-2-6(5-12)7(10(8)11)4-9(13)14/h2-3H,4H2,1H3,(H,13,14)/i1D3. The van der Waals surface area contributed by atoms with Crippen molar-refractivity contribution < 1.29 is 18.8 Å². The number of carbonyl (C=O) groups is 1. The van der Waals surface area contributed by atoms with E-state index in [1.807, 2.05) is 0 Å². The highest BCUT2D eigenvalue weighted by Crippen LogP contribution is 2.30. The van der Waals surface area contributed by atoms with E-state index < -0.39 is 19.4 Å². The third-order valence-electron chi connectivity index (χ3n) is 1.77. The molecule has 0 amide bonds. The van der Waals surface area contributed by atoms with Gasteiger partial charge in [0.15, 0.2) is 0 Å². The number of hydrogen-bond acceptors (Lipinski definition) is 3. The Balaban J connectivity index is 3.26. The zero-order chi connectivity index (χ0) is 13.9. The molecule has 0 aliphatic carbocycles. The van der Waals surface area contributed by atoms with Gasteiger partial charge < -0.3 is 9.84 Å². The van der Waals surface area contributed by atoms with E-state index in [-0.39, 0.29) is 21.9 Å². The Morgan fingerprint density at radius 1 is 1.80 bits per heavy atom. The minimum absolute atomic E-state index is 0.0356. The van der Waals surface area contributed by atoms with Crippen LogP contribution in [0.5, 0.6) is 5.75 Å². The zero-order valence-corrected chi connectivity index (χ0v) is 8.21. The fraction of sp³-hybridized carbons (Fsp3) is 0.200. The van der Waals surface area contributed by atoms with Crippen LogP contribution in [0.15, 0.2) is 12.1 Å². The van der Waals surface area contributed by atoms with E-state index >= 15 is 0 Å². The molecule has 0 saturated heterocycles. The Morgan fingerprint density at radius 3 is 3.07 bits per heavy atom. The largest absolute Gasteiger partial charge is 0.495 e. The first-order valence-electron chi connectivity index (χ1n) is 5.37. The van der Waals surface area contributed by atoms with Crippen LogP contribution in [0.25, 0.3) is 0 Å². The number of rotatable bonds is 3. The van der Waals surface area contributed by atoms with Gasteiger partial charge in [0.05, 0.1) is 34.2 Å². The number of nitriles is 1. The van der Waals surface area contributed by atoms with Crippen LogP contribution >= 0.6 is 11.6 Å². The normalized spacial score (nSPS) is 13.2. The van der Waals surface area contributed by atoms with Crippen LogP contribution in [-0.4, -0.2) is 18.1 Å². The van der Waals surface area contributed by atoms with E-state index in [0.29, 0.717) is 0 Å². The molecule has 5 heteroatoms. The third-order valence-corrected chi connectivity index (χ3v) is 2.18. The van der Waals surface area contributed by atoms with Gasteiger partial charge in [-0.15, -0.1) is 0 Å². The molecule has 0 fully saturated rings. The monoisotopic (exact) mass is 228 g/mol. The summed E-state index contributed by atoms with van der Waals surface area (Å²) < 4.78 is 25.5. The molecule has 15 heavy (non-hydrogen) atoms. The smallest absolute Gasteiger partial charge is 0.307 e. The van der Waals surface area contributed by atoms with Crippen LogP contribution < -0.4 is 4.74 Å². The molecule has 0 atom stereocenters. The predicted octanol–water partition coefficient (Wildman–Crippen LogP) is 1.85. The van der Waals surface area contributed by atoms with Crippen LogP contribution in [0.3, 0.4) is 0 Å². The molecule has 4 nitrogen and oxygen atoms in total. The molecule has 0 aromatic heterocycles. The van der Waals surface area contributed by atoms with E-state index in [2.05, 4.69) is 4.74 Å². The average molecular weight is 229 g/mol. The average Bonchev–Trinajstić information content (AvgIpc) is 2.22. The Hall–Kier alpha value is -1.73. The van der Waals surface area contributed by atoms with E-state index in [1.54, 1.807) is 6.07 Å². The van der Waals surface area contributed by atoms with Crippen molar-refractivity contribution in [3.8, 4) is 11.8 Å². The van der Waals surface area contributed by atoms with Gasteiger partial charge in [-0.3, -0.25) is 4.79 Å². The molecule has 1 aromatic rings. The maximum atomic E-state index is 10.7. The van der Waals surface area contributed by atoms with Crippen molar-refractivity contribution in [2.45, 2.75) is 6.42 Å². The third kappa shape index (κ3) is 2.39. The number of hydrogen-bond donors (Lipinski definition) is 1. The molecule has 0 radical (unpaired) electrons. The van der Waals surface area contributed by atoms with E-state index in [0.717, 1.165) is 0 Å². The molecule has 0 aliphatic heterocycles. The van der Waals surface area contributed by atoms with Crippen LogP contribution in [0.2, 0.25) is 5.02 Å². The Morgan fingerprint density at radius 2 is 2.53 bits per heavy atom. The summed E-state index contributed by atoms with van der Waals surface area (Å²) in [5.74, 6) is -1.36. The van der Waals surface area contributed by atoms with Gasteiger partial charge in [-0.05, 0) is 12.1 Å². The highest BCUT2D eigenvalue weighted by molar-refractivity contribution is 6.33. The SMILES string of the molecule is [2H]C([2H])([2H])Oc1ccc(C#N)c(CC(=O)O)c1Cl. The summed E-state index contributed by atoms with van der Waals surface area (Å²) in [6.45, 7) is 0. The Labute approximate surface area is 95.9 Å². The lowest BCUT2D eigenvalue weighted by molar-refractivity contribution is -0.136. The summed E-state index contributed by atoms with van der Waals surface area (Å²) in [5, 5.41) is 17.4. The van der Waals surface area contributed by atoms with Crippen LogP contribution in [0.1, 0.15) is 15.2 Å². The first kappa shape index (κ1) is 7.55. The first-order valence-corrected chi connectivity index (χ1v) is 4.24. The minimum Gasteiger partial charge on any atom is -0.495 e. The quantitative estimate of drug-likeness (QED) is 0.857. The molecule has 78 valence electrons. The van der Waals surface area contributed by atoms with Gasteiger partial charge >= 0.3 is 5.97 Å². The summed E-state index contributed by atoms with van der Waals surface area (Å²) in [6, 6.07) is 4.28. The van der Waals surface area contributed by atoms with Gasteiger partial charge in [-0.25, -0.2) is 0 Å². The summed E-state index contributed by atoms with van der Waals surface area (Å²) >= 11 is 5.85. The highest BCUT2D eigenvalue weighted by atomic mass is 35.5. The van der Waals surface area contributed by atoms with Gasteiger partial charge in [0.1, 0.15) is 5.75 Å². The van der Waals surface area contributed by atoms with Gasteiger partial charge in [0.25, 0.3) is 0 Å². The second-order valence-corrected chi connectivity index (χ2v) is 3.07. The van der Waals surface area contributed by atoms with Crippen molar-refractivity contribution in [1.82, 2.24) is 0 Å². The van der Waals surface area contributed by atoms with Crippen molar-refractivity contribution in [2.24, 2.45) is 0 Å². The Kier molecular flexibility index (Phi) is 2.35. The number of nitrogens with zero attached hydrogens (tertiary/aromatic N) is 1.